The van der Waals surface area contributed by atoms with Gasteiger partial charge in [0.05, 0.1) is 16.9 Å². The zero-order chi connectivity index (χ0) is 25.7. The molecule has 0 aliphatic rings. The Hall–Kier alpha value is -4.85. The smallest absolute Gasteiger partial charge is 0.404 e. The van der Waals surface area contributed by atoms with Crippen LogP contribution in [0.1, 0.15) is 10.4 Å². The number of benzene rings is 5. The standard InChI is InChI=1S/C29H18F3N3O2/c30-29(31,32)37-24-6-2-1-5-23(24)35-28(36)22-14-17-8-7-16-9-10-19(18-4-3-13-34-15-18)20-11-12-21(27(22)33)26(17)25(16)20/h1-15H,33H2,(H,35,36). The quantitative estimate of drug-likeness (QED) is 0.197. The number of aromatic nitrogens is 1. The van der Waals surface area contributed by atoms with Gasteiger partial charge in [0.2, 0.25) is 0 Å². The van der Waals surface area contributed by atoms with Crippen LogP contribution in [0.25, 0.3) is 43.4 Å². The molecule has 3 N–H and O–H groups in total. The lowest BCUT2D eigenvalue weighted by Gasteiger charge is -2.18. The summed E-state index contributed by atoms with van der Waals surface area (Å²) < 4.78 is 42.5. The van der Waals surface area contributed by atoms with Crippen molar-refractivity contribution in [2.24, 2.45) is 0 Å². The SMILES string of the molecule is Nc1c(C(=O)Nc2ccccc2OC(F)(F)F)cc2ccc3ccc(-c4cccnc4)c4ccc1c2c34. The number of hydrogen-bond acceptors (Lipinski definition) is 4. The second-order valence-electron chi connectivity index (χ2n) is 8.61. The molecule has 1 aromatic heterocycles. The van der Waals surface area contributed by atoms with Crippen LogP contribution in [0, 0.1) is 0 Å². The number of alkyl halides is 3. The van der Waals surface area contributed by atoms with Crippen LogP contribution in [0.2, 0.25) is 0 Å². The first-order valence-electron chi connectivity index (χ1n) is 11.4. The van der Waals surface area contributed by atoms with E-state index >= 15 is 0 Å². The van der Waals surface area contributed by atoms with Crippen molar-refractivity contribution in [1.29, 1.82) is 0 Å². The molecule has 0 aliphatic heterocycles. The fraction of sp³-hybridized carbons (Fsp3) is 0.0345. The number of rotatable bonds is 4. The van der Waals surface area contributed by atoms with Gasteiger partial charge in [0.1, 0.15) is 0 Å². The van der Waals surface area contributed by atoms with Crippen LogP contribution in [0.3, 0.4) is 0 Å². The van der Waals surface area contributed by atoms with Crippen molar-refractivity contribution in [3.05, 3.63) is 96.8 Å². The second kappa shape index (κ2) is 8.37. The van der Waals surface area contributed by atoms with Gasteiger partial charge in [0.15, 0.2) is 5.75 Å². The largest absolute Gasteiger partial charge is 0.573 e. The molecule has 182 valence electrons. The van der Waals surface area contributed by atoms with Gasteiger partial charge in [-0.2, -0.15) is 0 Å². The molecule has 8 heteroatoms. The Kier molecular flexibility index (Phi) is 5.12. The van der Waals surface area contributed by atoms with E-state index in [2.05, 4.69) is 21.1 Å². The number of anilines is 2. The Morgan fingerprint density at radius 1 is 0.865 bits per heavy atom. The van der Waals surface area contributed by atoms with E-state index in [1.165, 1.54) is 18.2 Å². The monoisotopic (exact) mass is 497 g/mol. The number of amides is 1. The minimum Gasteiger partial charge on any atom is -0.404 e. The van der Waals surface area contributed by atoms with Gasteiger partial charge >= 0.3 is 6.36 Å². The lowest BCUT2D eigenvalue weighted by Crippen LogP contribution is -2.20. The van der Waals surface area contributed by atoms with E-state index in [1.807, 2.05) is 48.7 Å². The molecule has 5 nitrogen and oxygen atoms in total. The number of ether oxygens (including phenoxy) is 1. The number of nitrogen functional groups attached to an aromatic ring is 1. The lowest BCUT2D eigenvalue weighted by molar-refractivity contribution is -0.274. The number of hydrogen-bond donors (Lipinski definition) is 2. The Balaban J connectivity index is 1.48. The summed E-state index contributed by atoms with van der Waals surface area (Å²) in [6, 6.07) is 22.7. The molecular formula is C29H18F3N3O2. The molecule has 0 saturated heterocycles. The third kappa shape index (κ3) is 3.92. The van der Waals surface area contributed by atoms with Crippen molar-refractivity contribution < 1.29 is 22.7 Å². The van der Waals surface area contributed by atoms with Crippen LogP contribution in [0.4, 0.5) is 24.5 Å². The van der Waals surface area contributed by atoms with E-state index in [0.717, 1.165) is 44.1 Å². The first kappa shape index (κ1) is 22.6. The summed E-state index contributed by atoms with van der Waals surface area (Å²) >= 11 is 0. The fourth-order valence-corrected chi connectivity index (χ4v) is 4.83. The third-order valence-corrected chi connectivity index (χ3v) is 6.40. The molecule has 6 rings (SSSR count). The first-order valence-corrected chi connectivity index (χ1v) is 11.4. The van der Waals surface area contributed by atoms with Crippen LogP contribution < -0.4 is 15.8 Å². The van der Waals surface area contributed by atoms with E-state index in [0.29, 0.717) is 5.39 Å². The predicted molar refractivity (Wildman–Crippen MR) is 139 cm³/mol. The number of nitrogens with one attached hydrogen (secondary N) is 1. The van der Waals surface area contributed by atoms with Crippen molar-refractivity contribution >= 4 is 49.6 Å². The normalized spacial score (nSPS) is 11.9. The maximum atomic E-state index is 13.2. The Bertz CT molecular complexity index is 1800. The Morgan fingerprint density at radius 3 is 2.38 bits per heavy atom. The zero-order valence-electron chi connectivity index (χ0n) is 19.1. The van der Waals surface area contributed by atoms with Gasteiger partial charge in [-0.3, -0.25) is 9.78 Å². The molecule has 0 radical (unpaired) electrons. The number of carbonyl (C=O) groups excluding carboxylic acids is 1. The number of carbonyl (C=O) groups is 1. The van der Waals surface area contributed by atoms with Crippen molar-refractivity contribution in [3.63, 3.8) is 0 Å². The van der Waals surface area contributed by atoms with Crippen molar-refractivity contribution in [3.8, 4) is 16.9 Å². The van der Waals surface area contributed by atoms with Crippen molar-refractivity contribution in [2.75, 3.05) is 11.1 Å². The highest BCUT2D eigenvalue weighted by Gasteiger charge is 2.32. The van der Waals surface area contributed by atoms with Gasteiger partial charge in [-0.25, -0.2) is 0 Å². The minimum absolute atomic E-state index is 0.115. The van der Waals surface area contributed by atoms with E-state index in [9.17, 15) is 18.0 Å². The van der Waals surface area contributed by atoms with E-state index in [1.54, 1.807) is 12.3 Å². The van der Waals surface area contributed by atoms with Gasteiger partial charge in [-0.05, 0) is 56.8 Å². The first-order chi connectivity index (χ1) is 17.8. The summed E-state index contributed by atoms with van der Waals surface area (Å²) in [5.41, 5.74) is 8.77. The predicted octanol–water partition coefficient (Wildman–Crippen LogP) is 7.38. The van der Waals surface area contributed by atoms with Crippen LogP contribution in [0.5, 0.6) is 5.75 Å². The maximum Gasteiger partial charge on any atom is 0.573 e. The summed E-state index contributed by atoms with van der Waals surface area (Å²) in [4.78, 5) is 17.5. The summed E-state index contributed by atoms with van der Waals surface area (Å²) in [7, 11) is 0. The molecular weight excluding hydrogens is 479 g/mol. The fourth-order valence-electron chi connectivity index (χ4n) is 4.83. The zero-order valence-corrected chi connectivity index (χ0v) is 19.1. The summed E-state index contributed by atoms with van der Waals surface area (Å²) in [5, 5.41) is 7.96. The van der Waals surface area contributed by atoms with E-state index in [4.69, 9.17) is 5.73 Å². The highest BCUT2D eigenvalue weighted by atomic mass is 19.4. The number of para-hydroxylation sites is 2. The van der Waals surface area contributed by atoms with Gasteiger partial charge in [0.25, 0.3) is 5.91 Å². The molecule has 0 atom stereocenters. The van der Waals surface area contributed by atoms with Gasteiger partial charge in [-0.1, -0.05) is 54.6 Å². The van der Waals surface area contributed by atoms with Crippen LogP contribution in [0.15, 0.2) is 91.3 Å². The molecule has 6 aromatic rings. The molecule has 0 unspecified atom stereocenters. The molecule has 37 heavy (non-hydrogen) atoms. The maximum absolute atomic E-state index is 13.2. The molecule has 0 spiro atoms. The number of nitrogens with zero attached hydrogens (tertiary/aromatic N) is 1. The average Bonchev–Trinajstić information content (AvgIpc) is 2.89. The molecule has 0 saturated carbocycles. The average molecular weight is 497 g/mol. The van der Waals surface area contributed by atoms with Crippen molar-refractivity contribution in [2.45, 2.75) is 6.36 Å². The summed E-state index contributed by atoms with van der Waals surface area (Å²) in [6.45, 7) is 0. The van der Waals surface area contributed by atoms with Crippen LogP contribution in [-0.4, -0.2) is 17.3 Å². The Morgan fingerprint density at radius 2 is 1.59 bits per heavy atom. The minimum atomic E-state index is -4.90. The highest BCUT2D eigenvalue weighted by Crippen LogP contribution is 2.42. The third-order valence-electron chi connectivity index (χ3n) is 6.40. The topological polar surface area (TPSA) is 77.2 Å². The molecule has 1 amide bonds. The number of halogens is 3. The lowest BCUT2D eigenvalue weighted by atomic mass is 9.88. The van der Waals surface area contributed by atoms with Crippen molar-refractivity contribution in [1.82, 2.24) is 4.98 Å². The van der Waals surface area contributed by atoms with Crippen LogP contribution in [-0.2, 0) is 0 Å². The van der Waals surface area contributed by atoms with Crippen LogP contribution >= 0.6 is 0 Å². The highest BCUT2D eigenvalue weighted by molar-refractivity contribution is 6.29. The van der Waals surface area contributed by atoms with Gasteiger partial charge in [0, 0.05) is 23.3 Å². The van der Waals surface area contributed by atoms with Gasteiger partial charge < -0.3 is 15.8 Å². The number of nitrogens with two attached hydrogens (primary N) is 1. The molecule has 0 fully saturated rings. The molecule has 1 heterocycles. The molecule has 0 bridgehead atoms. The second-order valence-corrected chi connectivity index (χ2v) is 8.61. The number of pyridine rings is 1. The summed E-state index contributed by atoms with van der Waals surface area (Å²) in [5.74, 6) is -1.15. The van der Waals surface area contributed by atoms with E-state index < -0.39 is 18.0 Å². The Labute approximate surface area is 208 Å². The molecule has 0 aliphatic carbocycles. The summed E-state index contributed by atoms with van der Waals surface area (Å²) in [6.07, 6.45) is -1.37. The van der Waals surface area contributed by atoms with Gasteiger partial charge in [-0.15, -0.1) is 13.2 Å². The molecule has 5 aromatic carbocycles. The van der Waals surface area contributed by atoms with E-state index in [-0.39, 0.29) is 16.9 Å².